The number of hydrogen-bond acceptors (Lipinski definition) is 3. The van der Waals surface area contributed by atoms with Gasteiger partial charge in [0.15, 0.2) is 0 Å². The fourth-order valence-electron chi connectivity index (χ4n) is 1.03. The summed E-state index contributed by atoms with van der Waals surface area (Å²) in [6.07, 6.45) is 5.25. The SMILES string of the molecule is C=C(C=N/C(C)=C\C)c1ccc(CO)cn1. The first kappa shape index (κ1) is 12.3. The molecule has 0 aromatic carbocycles. The Kier molecular flexibility index (Phi) is 4.61. The lowest BCUT2D eigenvalue weighted by Gasteiger charge is -2.00. The standard InChI is InChI=1S/C13H16N2O/c1-4-11(3)14-7-10(2)13-6-5-12(9-16)8-15-13/h4-8,16H,2,9H2,1,3H3/b11-4-,14-7?. The van der Waals surface area contributed by atoms with E-state index in [1.165, 1.54) is 0 Å². The summed E-state index contributed by atoms with van der Waals surface area (Å²) in [6, 6.07) is 3.65. The van der Waals surface area contributed by atoms with Gasteiger partial charge in [0.25, 0.3) is 0 Å². The second kappa shape index (κ2) is 5.98. The molecule has 0 radical (unpaired) electrons. The molecule has 0 spiro atoms. The molecular weight excluding hydrogens is 200 g/mol. The Bertz CT molecular complexity index is 416. The van der Waals surface area contributed by atoms with Crippen LogP contribution in [0.2, 0.25) is 0 Å². The normalized spacial score (nSPS) is 12.1. The van der Waals surface area contributed by atoms with Crippen LogP contribution in [-0.2, 0) is 6.61 Å². The topological polar surface area (TPSA) is 45.5 Å². The van der Waals surface area contributed by atoms with E-state index < -0.39 is 0 Å². The monoisotopic (exact) mass is 216 g/mol. The van der Waals surface area contributed by atoms with Crippen LogP contribution in [0, 0.1) is 0 Å². The highest BCUT2D eigenvalue weighted by Gasteiger charge is 1.97. The van der Waals surface area contributed by atoms with E-state index >= 15 is 0 Å². The van der Waals surface area contributed by atoms with Crippen molar-refractivity contribution in [3.63, 3.8) is 0 Å². The summed E-state index contributed by atoms with van der Waals surface area (Å²) < 4.78 is 0. The van der Waals surface area contributed by atoms with Crippen LogP contribution in [0.4, 0.5) is 0 Å². The van der Waals surface area contributed by atoms with Gasteiger partial charge >= 0.3 is 0 Å². The lowest BCUT2D eigenvalue weighted by atomic mass is 10.2. The first-order chi connectivity index (χ1) is 7.67. The van der Waals surface area contributed by atoms with Gasteiger partial charge in [0, 0.05) is 23.7 Å². The van der Waals surface area contributed by atoms with Crippen LogP contribution < -0.4 is 0 Å². The molecule has 0 atom stereocenters. The Morgan fingerprint density at radius 3 is 2.81 bits per heavy atom. The molecule has 84 valence electrons. The van der Waals surface area contributed by atoms with Crippen LogP contribution in [0.5, 0.6) is 0 Å². The molecule has 0 unspecified atom stereocenters. The number of nitrogens with zero attached hydrogens (tertiary/aromatic N) is 2. The van der Waals surface area contributed by atoms with Crippen LogP contribution in [0.3, 0.4) is 0 Å². The van der Waals surface area contributed by atoms with Crippen molar-refractivity contribution in [3.05, 3.63) is 47.9 Å². The van der Waals surface area contributed by atoms with Crippen molar-refractivity contribution in [2.45, 2.75) is 20.5 Å². The van der Waals surface area contributed by atoms with Gasteiger partial charge in [-0.1, -0.05) is 18.7 Å². The Balaban J connectivity index is 2.77. The van der Waals surface area contributed by atoms with Gasteiger partial charge in [0.05, 0.1) is 12.3 Å². The molecule has 3 heteroatoms. The lowest BCUT2D eigenvalue weighted by Crippen LogP contribution is -1.91. The molecule has 16 heavy (non-hydrogen) atoms. The van der Waals surface area contributed by atoms with Crippen LogP contribution in [0.25, 0.3) is 5.57 Å². The Hall–Kier alpha value is -1.74. The van der Waals surface area contributed by atoms with Gasteiger partial charge in [0.1, 0.15) is 0 Å². The third kappa shape index (κ3) is 3.44. The summed E-state index contributed by atoms with van der Waals surface area (Å²) in [5.41, 5.74) is 3.25. The maximum Gasteiger partial charge on any atom is 0.0711 e. The molecule has 1 heterocycles. The van der Waals surface area contributed by atoms with E-state index in [4.69, 9.17) is 5.11 Å². The number of aromatic nitrogens is 1. The minimum atomic E-state index is 0.00548. The van der Waals surface area contributed by atoms with E-state index in [0.29, 0.717) is 0 Å². The van der Waals surface area contributed by atoms with E-state index in [-0.39, 0.29) is 6.61 Å². The Morgan fingerprint density at radius 2 is 2.31 bits per heavy atom. The smallest absolute Gasteiger partial charge is 0.0711 e. The van der Waals surface area contributed by atoms with Gasteiger partial charge in [0.2, 0.25) is 0 Å². The molecule has 1 aromatic rings. The fraction of sp³-hybridized carbons (Fsp3) is 0.231. The number of aliphatic hydroxyl groups excluding tert-OH is 1. The predicted octanol–water partition coefficient (Wildman–Crippen LogP) is 2.58. The van der Waals surface area contributed by atoms with Crippen molar-refractivity contribution >= 4 is 11.8 Å². The maximum absolute atomic E-state index is 8.88. The number of rotatable bonds is 4. The van der Waals surface area contributed by atoms with Crippen molar-refractivity contribution in [2.75, 3.05) is 0 Å². The number of hydrogen-bond donors (Lipinski definition) is 1. The average Bonchev–Trinajstić information content (AvgIpc) is 2.35. The molecule has 1 aromatic heterocycles. The third-order valence-corrected chi connectivity index (χ3v) is 2.18. The second-order valence-electron chi connectivity index (χ2n) is 3.42. The molecule has 0 fully saturated rings. The van der Waals surface area contributed by atoms with Crippen LogP contribution >= 0.6 is 0 Å². The molecule has 0 aliphatic carbocycles. The molecule has 0 saturated heterocycles. The minimum absolute atomic E-state index is 0.00548. The Labute approximate surface area is 95.9 Å². The molecule has 1 N–H and O–H groups in total. The van der Waals surface area contributed by atoms with Gasteiger partial charge < -0.3 is 5.11 Å². The highest BCUT2D eigenvalue weighted by Crippen LogP contribution is 2.09. The average molecular weight is 216 g/mol. The van der Waals surface area contributed by atoms with Crippen LogP contribution in [-0.4, -0.2) is 16.3 Å². The summed E-state index contributed by atoms with van der Waals surface area (Å²) in [6.45, 7) is 7.75. The molecule has 0 bridgehead atoms. The molecule has 1 rings (SSSR count). The zero-order valence-corrected chi connectivity index (χ0v) is 9.64. The maximum atomic E-state index is 8.88. The fourth-order valence-corrected chi connectivity index (χ4v) is 1.03. The van der Waals surface area contributed by atoms with Gasteiger partial charge in [-0.25, -0.2) is 0 Å². The van der Waals surface area contributed by atoms with Gasteiger partial charge in [-0.15, -0.1) is 0 Å². The molecule has 0 aliphatic heterocycles. The Morgan fingerprint density at radius 1 is 1.56 bits per heavy atom. The highest BCUT2D eigenvalue weighted by molar-refractivity contribution is 6.08. The molecule has 0 aliphatic rings. The first-order valence-electron chi connectivity index (χ1n) is 5.09. The van der Waals surface area contributed by atoms with Crippen LogP contribution in [0.15, 0.2) is 41.7 Å². The quantitative estimate of drug-likeness (QED) is 0.786. The summed E-state index contributed by atoms with van der Waals surface area (Å²) in [7, 11) is 0. The lowest BCUT2D eigenvalue weighted by molar-refractivity contribution is 0.281. The second-order valence-corrected chi connectivity index (χ2v) is 3.42. The van der Waals surface area contributed by atoms with Crippen molar-refractivity contribution < 1.29 is 5.11 Å². The van der Waals surface area contributed by atoms with E-state index in [2.05, 4.69) is 16.6 Å². The minimum Gasteiger partial charge on any atom is -0.392 e. The van der Waals surface area contributed by atoms with E-state index in [1.54, 1.807) is 12.4 Å². The molecule has 0 saturated carbocycles. The van der Waals surface area contributed by atoms with Gasteiger partial charge in [-0.2, -0.15) is 0 Å². The molecule has 3 nitrogen and oxygen atoms in total. The van der Waals surface area contributed by atoms with Crippen molar-refractivity contribution in [1.29, 1.82) is 0 Å². The number of allylic oxidation sites excluding steroid dienone is 3. The third-order valence-electron chi connectivity index (χ3n) is 2.18. The van der Waals surface area contributed by atoms with Gasteiger partial charge in [-0.05, 0) is 25.5 Å². The summed E-state index contributed by atoms with van der Waals surface area (Å²) in [5.74, 6) is 0. The van der Waals surface area contributed by atoms with Crippen molar-refractivity contribution in [2.24, 2.45) is 4.99 Å². The van der Waals surface area contributed by atoms with Crippen molar-refractivity contribution in [3.8, 4) is 0 Å². The zero-order valence-electron chi connectivity index (χ0n) is 9.64. The molecular formula is C13H16N2O. The van der Waals surface area contributed by atoms with E-state index in [0.717, 1.165) is 22.5 Å². The summed E-state index contributed by atoms with van der Waals surface area (Å²) >= 11 is 0. The van der Waals surface area contributed by atoms with Gasteiger partial charge in [-0.3, -0.25) is 9.98 Å². The summed E-state index contributed by atoms with van der Waals surface area (Å²) in [4.78, 5) is 8.39. The highest BCUT2D eigenvalue weighted by atomic mass is 16.3. The molecule has 0 amide bonds. The van der Waals surface area contributed by atoms with Crippen LogP contribution in [0.1, 0.15) is 25.1 Å². The largest absolute Gasteiger partial charge is 0.392 e. The summed E-state index contributed by atoms with van der Waals surface area (Å²) in [5, 5.41) is 8.88. The van der Waals surface area contributed by atoms with E-state index in [1.807, 2.05) is 32.1 Å². The first-order valence-corrected chi connectivity index (χ1v) is 5.09. The number of aliphatic imine (C=N–C) groups is 1. The van der Waals surface area contributed by atoms with E-state index in [9.17, 15) is 0 Å². The zero-order chi connectivity index (χ0) is 12.0. The van der Waals surface area contributed by atoms with Crippen molar-refractivity contribution in [1.82, 2.24) is 4.98 Å². The number of pyridine rings is 1. The number of aliphatic hydroxyl groups is 1. The predicted molar refractivity (Wildman–Crippen MR) is 67.1 cm³/mol.